The molecule has 0 radical (unpaired) electrons. The van der Waals surface area contributed by atoms with Gasteiger partial charge in [-0.3, -0.25) is 0 Å². The molecule has 0 heterocycles. The second-order valence-corrected chi connectivity index (χ2v) is 15.4. The first-order chi connectivity index (χ1) is 8.29. The van der Waals surface area contributed by atoms with E-state index < -0.39 is 12.2 Å². The average Bonchev–Trinajstić information content (AvgIpc) is 2.25. The molecule has 1 atom stereocenters. The third-order valence-corrected chi connectivity index (χ3v) is 5.91. The molecule has 0 aliphatic rings. The van der Waals surface area contributed by atoms with E-state index >= 15 is 0 Å². The predicted molar refractivity (Wildman–Crippen MR) is 93.0 cm³/mol. The Bertz CT molecular complexity index is 451. The molecule has 0 spiro atoms. The van der Waals surface area contributed by atoms with Crippen molar-refractivity contribution in [2.24, 2.45) is 5.10 Å². The van der Waals surface area contributed by atoms with Gasteiger partial charge in [-0.05, 0) is 0 Å². The summed E-state index contributed by atoms with van der Waals surface area (Å²) >= 11 is 20.9. The number of nitrogens with zero attached hydrogens (tertiary/aromatic N) is 2. The van der Waals surface area contributed by atoms with E-state index in [1.165, 1.54) is 4.78 Å². The van der Waals surface area contributed by atoms with Gasteiger partial charge in [0.05, 0.1) is 0 Å². The van der Waals surface area contributed by atoms with Crippen LogP contribution in [0, 0.1) is 0 Å². The van der Waals surface area contributed by atoms with Gasteiger partial charge < -0.3 is 0 Å². The van der Waals surface area contributed by atoms with Gasteiger partial charge in [-0.2, -0.15) is 0 Å². The van der Waals surface area contributed by atoms with Gasteiger partial charge in [0.15, 0.2) is 0 Å². The van der Waals surface area contributed by atoms with E-state index in [-0.39, 0.29) is 0 Å². The second-order valence-electron chi connectivity index (χ2n) is 3.44. The van der Waals surface area contributed by atoms with Crippen molar-refractivity contribution in [1.29, 1.82) is 0 Å². The van der Waals surface area contributed by atoms with Crippen molar-refractivity contribution in [3.63, 3.8) is 0 Å². The van der Waals surface area contributed by atoms with Crippen molar-refractivity contribution in [3.05, 3.63) is 29.8 Å². The zero-order valence-electron chi connectivity index (χ0n) is 9.80. The molecule has 0 aliphatic carbocycles. The molecule has 9 heteroatoms. The van der Waals surface area contributed by atoms with Gasteiger partial charge in [-0.25, -0.2) is 0 Å². The zero-order valence-corrected chi connectivity index (χ0v) is 15.0. The molecular weight excluding hydrogens is 349 g/mol. The molecule has 0 bridgehead atoms. The van der Waals surface area contributed by atoms with Crippen LogP contribution in [0.5, 0.6) is 5.75 Å². The maximum atomic E-state index is 5.88. The summed E-state index contributed by atoms with van der Waals surface area (Å²) in [7, 11) is 1.69. The summed E-state index contributed by atoms with van der Waals surface area (Å²) in [5, 5.41) is 1.42. The van der Waals surface area contributed by atoms with Crippen LogP contribution in [0.1, 0.15) is 5.56 Å². The van der Waals surface area contributed by atoms with Crippen molar-refractivity contribution < 1.29 is 4.52 Å². The molecular formula is C9H14Cl2N2OP2S2. The second kappa shape index (κ2) is 7.33. The molecule has 0 N–H and O–H groups in total. The fraction of sp³-hybridized carbons (Fsp3) is 0.222. The van der Waals surface area contributed by atoms with E-state index in [9.17, 15) is 0 Å². The van der Waals surface area contributed by atoms with Crippen LogP contribution in [0.15, 0.2) is 29.4 Å². The molecule has 102 valence electrons. The topological polar surface area (TPSA) is 24.8 Å². The van der Waals surface area contributed by atoms with E-state index in [1.807, 2.05) is 30.9 Å². The van der Waals surface area contributed by atoms with Gasteiger partial charge in [-0.15, -0.1) is 0 Å². The first-order valence-corrected chi connectivity index (χ1v) is 13.3. The maximum absolute atomic E-state index is 5.88. The van der Waals surface area contributed by atoms with E-state index in [0.29, 0.717) is 0 Å². The Kier molecular flexibility index (Phi) is 6.74. The Labute approximate surface area is 128 Å². The standard InChI is InChI=1S/C9H14Cl2N2OP2S2/c1-13(16(10,11)18)12-7-8-3-5-9(6-4-8)14-15(2)17/h3-7,15-16,18H,1-2H3. The monoisotopic (exact) mass is 362 g/mol. The van der Waals surface area contributed by atoms with Crippen LogP contribution in [-0.4, -0.2) is 24.7 Å². The van der Waals surface area contributed by atoms with E-state index in [2.05, 4.69) is 17.4 Å². The molecule has 0 saturated heterocycles. The number of hydrogen-bond acceptors (Lipinski definition) is 5. The number of hydrogen-bond donors (Lipinski definition) is 1. The molecule has 1 unspecified atom stereocenters. The Morgan fingerprint density at radius 2 is 2.00 bits per heavy atom. The third-order valence-electron chi connectivity index (χ3n) is 1.91. The summed E-state index contributed by atoms with van der Waals surface area (Å²) in [5.74, 6) is 0.777. The van der Waals surface area contributed by atoms with Crippen molar-refractivity contribution in [3.8, 4) is 5.75 Å². The third kappa shape index (κ3) is 6.10. The summed E-state index contributed by atoms with van der Waals surface area (Å²) < 4.78 is 6.94. The molecule has 0 fully saturated rings. The SMILES string of the molecule is CN(N=Cc1ccc(O[PH](C)=S)cc1)[PH](S)(Cl)Cl. The van der Waals surface area contributed by atoms with Gasteiger partial charge in [0.1, 0.15) is 0 Å². The fourth-order valence-electron chi connectivity index (χ4n) is 1.01. The van der Waals surface area contributed by atoms with Crippen LogP contribution in [0.2, 0.25) is 0 Å². The van der Waals surface area contributed by atoms with Crippen LogP contribution in [0.25, 0.3) is 0 Å². The van der Waals surface area contributed by atoms with E-state index in [4.69, 9.17) is 38.8 Å². The number of rotatable bonds is 5. The van der Waals surface area contributed by atoms with Gasteiger partial charge >= 0.3 is 129 Å². The minimum atomic E-state index is -2.71. The molecule has 0 amide bonds. The minimum absolute atomic E-state index is 0.777. The Hall–Kier alpha value is 0.500. The molecule has 0 aliphatic heterocycles. The molecule has 0 saturated carbocycles. The number of benzene rings is 1. The van der Waals surface area contributed by atoms with Crippen molar-refractivity contribution >= 4 is 65.0 Å². The summed E-state index contributed by atoms with van der Waals surface area (Å²) in [6.07, 6.45) is 1.66. The van der Waals surface area contributed by atoms with Crippen LogP contribution in [0.3, 0.4) is 0 Å². The van der Waals surface area contributed by atoms with Gasteiger partial charge in [0, 0.05) is 0 Å². The van der Waals surface area contributed by atoms with E-state index in [1.54, 1.807) is 13.3 Å². The molecule has 1 aromatic rings. The number of halogens is 2. The summed E-state index contributed by atoms with van der Waals surface area (Å²) in [4.78, 5) is 0. The van der Waals surface area contributed by atoms with Gasteiger partial charge in [0.2, 0.25) is 0 Å². The summed E-state index contributed by atoms with van der Waals surface area (Å²) in [5.41, 5.74) is 0.920. The number of hydrazone groups is 1. The van der Waals surface area contributed by atoms with Crippen molar-refractivity contribution in [2.45, 2.75) is 0 Å². The summed E-state index contributed by atoms with van der Waals surface area (Å²) in [6.45, 7) is 0.763. The van der Waals surface area contributed by atoms with Crippen LogP contribution < -0.4 is 4.52 Å². The van der Waals surface area contributed by atoms with Crippen molar-refractivity contribution in [2.75, 3.05) is 13.7 Å². The molecule has 18 heavy (non-hydrogen) atoms. The molecule has 0 aromatic heterocycles. The van der Waals surface area contributed by atoms with Crippen LogP contribution >= 0.6 is 47.0 Å². The van der Waals surface area contributed by atoms with Crippen LogP contribution in [-0.2, 0) is 11.8 Å². The molecule has 1 aromatic carbocycles. The number of thiol groups is 1. The van der Waals surface area contributed by atoms with Crippen molar-refractivity contribution in [1.82, 2.24) is 4.78 Å². The Balaban J connectivity index is 2.69. The predicted octanol–water partition coefficient (Wildman–Crippen LogP) is 4.37. The van der Waals surface area contributed by atoms with Gasteiger partial charge in [-0.1, -0.05) is 0 Å². The first-order valence-electron chi connectivity index (χ1n) is 4.95. The van der Waals surface area contributed by atoms with E-state index in [0.717, 1.165) is 11.3 Å². The quantitative estimate of drug-likeness (QED) is 0.364. The normalized spacial score (nSPS) is 14.5. The van der Waals surface area contributed by atoms with Gasteiger partial charge in [0.25, 0.3) is 0 Å². The first kappa shape index (κ1) is 16.6. The molecule has 3 nitrogen and oxygen atoms in total. The average molecular weight is 363 g/mol. The fourth-order valence-corrected chi connectivity index (χ4v) is 2.38. The summed E-state index contributed by atoms with van der Waals surface area (Å²) in [6, 6.07) is 7.48. The Morgan fingerprint density at radius 3 is 2.44 bits per heavy atom. The Morgan fingerprint density at radius 1 is 1.44 bits per heavy atom. The van der Waals surface area contributed by atoms with Crippen LogP contribution in [0.4, 0.5) is 0 Å². The molecule has 1 rings (SSSR count). The zero-order chi connectivity index (χ0) is 13.8.